The standard InChI is InChI=1S/C23H28N2O3/c1-17-10-11-18(2)21(14-17)28-16-22(26)24-20-9-7-8-19(15-20)23(27)25-12-5-3-4-6-13-25/h7-11,14-15H,3-6,12-13,16H2,1-2H3,(H,24,26). The molecule has 1 aliphatic heterocycles. The molecule has 1 heterocycles. The number of benzene rings is 2. The van der Waals surface area contributed by atoms with E-state index in [2.05, 4.69) is 5.32 Å². The number of nitrogens with one attached hydrogen (secondary N) is 1. The Hall–Kier alpha value is -2.82. The van der Waals surface area contributed by atoms with Crippen LogP contribution in [0.4, 0.5) is 5.69 Å². The summed E-state index contributed by atoms with van der Waals surface area (Å²) in [7, 11) is 0. The topological polar surface area (TPSA) is 58.6 Å². The van der Waals surface area contributed by atoms with Gasteiger partial charge in [0.25, 0.3) is 11.8 Å². The second kappa shape index (κ2) is 9.40. The Balaban J connectivity index is 1.59. The van der Waals surface area contributed by atoms with Crippen molar-refractivity contribution < 1.29 is 14.3 Å². The minimum absolute atomic E-state index is 0.0321. The summed E-state index contributed by atoms with van der Waals surface area (Å²) in [5.41, 5.74) is 3.29. The fourth-order valence-electron chi connectivity index (χ4n) is 3.39. The number of carbonyl (C=O) groups is 2. The number of anilines is 1. The summed E-state index contributed by atoms with van der Waals surface area (Å²) in [4.78, 5) is 27.0. The average Bonchev–Trinajstić information content (AvgIpc) is 2.98. The van der Waals surface area contributed by atoms with Gasteiger partial charge in [-0.2, -0.15) is 0 Å². The summed E-state index contributed by atoms with van der Waals surface area (Å²) >= 11 is 0. The van der Waals surface area contributed by atoms with Gasteiger partial charge < -0.3 is 15.0 Å². The first-order chi connectivity index (χ1) is 13.5. The molecule has 0 aromatic heterocycles. The number of carbonyl (C=O) groups excluding carboxylic acids is 2. The fraction of sp³-hybridized carbons (Fsp3) is 0.391. The second-order valence-corrected chi connectivity index (χ2v) is 7.39. The summed E-state index contributed by atoms with van der Waals surface area (Å²) in [6.07, 6.45) is 4.47. The van der Waals surface area contributed by atoms with Crippen LogP contribution in [0.5, 0.6) is 5.75 Å². The lowest BCUT2D eigenvalue weighted by Gasteiger charge is -2.20. The first-order valence-corrected chi connectivity index (χ1v) is 9.92. The van der Waals surface area contributed by atoms with Crippen LogP contribution >= 0.6 is 0 Å². The Bertz CT molecular complexity index is 839. The molecule has 0 atom stereocenters. The second-order valence-electron chi connectivity index (χ2n) is 7.39. The maximum atomic E-state index is 12.8. The van der Waals surface area contributed by atoms with Gasteiger partial charge in [0.15, 0.2) is 6.61 Å². The molecule has 1 N–H and O–H groups in total. The number of likely N-dealkylation sites (tertiary alicyclic amines) is 1. The third kappa shape index (κ3) is 5.35. The van der Waals surface area contributed by atoms with Gasteiger partial charge in [-0.3, -0.25) is 9.59 Å². The van der Waals surface area contributed by atoms with Crippen LogP contribution < -0.4 is 10.1 Å². The number of hydrogen-bond acceptors (Lipinski definition) is 3. The van der Waals surface area contributed by atoms with E-state index in [1.807, 2.05) is 36.9 Å². The van der Waals surface area contributed by atoms with E-state index in [4.69, 9.17) is 4.74 Å². The summed E-state index contributed by atoms with van der Waals surface area (Å²) in [5, 5.41) is 2.82. The van der Waals surface area contributed by atoms with Crippen LogP contribution in [0.2, 0.25) is 0 Å². The lowest BCUT2D eigenvalue weighted by atomic mass is 10.1. The largest absolute Gasteiger partial charge is 0.483 e. The van der Waals surface area contributed by atoms with Gasteiger partial charge in [-0.1, -0.05) is 31.0 Å². The van der Waals surface area contributed by atoms with Crippen molar-refractivity contribution in [3.8, 4) is 5.75 Å². The van der Waals surface area contributed by atoms with Crippen LogP contribution in [0.1, 0.15) is 47.2 Å². The van der Waals surface area contributed by atoms with E-state index in [0.717, 1.165) is 37.1 Å². The Morgan fingerprint density at radius 3 is 2.50 bits per heavy atom. The van der Waals surface area contributed by atoms with Crippen LogP contribution in [0.15, 0.2) is 42.5 Å². The van der Waals surface area contributed by atoms with Crippen molar-refractivity contribution in [2.75, 3.05) is 25.0 Å². The van der Waals surface area contributed by atoms with Crippen LogP contribution in [0, 0.1) is 13.8 Å². The Labute approximate surface area is 166 Å². The zero-order chi connectivity index (χ0) is 19.9. The van der Waals surface area contributed by atoms with Gasteiger partial charge in [0.05, 0.1) is 0 Å². The highest BCUT2D eigenvalue weighted by molar-refractivity contribution is 5.97. The van der Waals surface area contributed by atoms with E-state index in [0.29, 0.717) is 17.0 Å². The van der Waals surface area contributed by atoms with E-state index in [9.17, 15) is 9.59 Å². The molecule has 28 heavy (non-hydrogen) atoms. The summed E-state index contributed by atoms with van der Waals surface area (Å²) in [6, 6.07) is 13.0. The molecule has 1 aliphatic rings. The number of amides is 2. The highest BCUT2D eigenvalue weighted by atomic mass is 16.5. The Kier molecular flexibility index (Phi) is 6.69. The first-order valence-electron chi connectivity index (χ1n) is 9.92. The minimum Gasteiger partial charge on any atom is -0.483 e. The maximum Gasteiger partial charge on any atom is 0.262 e. The lowest BCUT2D eigenvalue weighted by Crippen LogP contribution is -2.31. The molecule has 1 saturated heterocycles. The zero-order valence-electron chi connectivity index (χ0n) is 16.7. The van der Waals surface area contributed by atoms with Crippen molar-refractivity contribution >= 4 is 17.5 Å². The molecule has 5 nitrogen and oxygen atoms in total. The first kappa shape index (κ1) is 19.9. The SMILES string of the molecule is Cc1ccc(C)c(OCC(=O)Nc2cccc(C(=O)N3CCCCCC3)c2)c1. The minimum atomic E-state index is -0.250. The molecular weight excluding hydrogens is 352 g/mol. The van der Waals surface area contributed by atoms with Crippen LogP contribution in [0.3, 0.4) is 0 Å². The predicted molar refractivity (Wildman–Crippen MR) is 111 cm³/mol. The average molecular weight is 380 g/mol. The Morgan fingerprint density at radius 2 is 1.75 bits per heavy atom. The fourth-order valence-corrected chi connectivity index (χ4v) is 3.39. The van der Waals surface area contributed by atoms with Gasteiger partial charge in [-0.05, 0) is 62.1 Å². The molecule has 0 aliphatic carbocycles. The molecule has 0 radical (unpaired) electrons. The number of nitrogens with zero attached hydrogens (tertiary/aromatic N) is 1. The van der Waals surface area contributed by atoms with Gasteiger partial charge in [0, 0.05) is 24.3 Å². The Morgan fingerprint density at radius 1 is 1.00 bits per heavy atom. The summed E-state index contributed by atoms with van der Waals surface area (Å²) < 4.78 is 5.65. The third-order valence-corrected chi connectivity index (χ3v) is 4.99. The van der Waals surface area contributed by atoms with Gasteiger partial charge in [0.2, 0.25) is 0 Å². The molecule has 2 aromatic carbocycles. The van der Waals surface area contributed by atoms with Crippen molar-refractivity contribution in [1.29, 1.82) is 0 Å². The molecule has 0 bridgehead atoms. The van der Waals surface area contributed by atoms with Gasteiger partial charge in [-0.25, -0.2) is 0 Å². The molecule has 0 spiro atoms. The highest BCUT2D eigenvalue weighted by Gasteiger charge is 2.17. The van der Waals surface area contributed by atoms with E-state index < -0.39 is 0 Å². The number of hydrogen-bond donors (Lipinski definition) is 1. The predicted octanol–water partition coefficient (Wildman–Crippen LogP) is 4.34. The zero-order valence-corrected chi connectivity index (χ0v) is 16.7. The monoisotopic (exact) mass is 380 g/mol. The molecule has 5 heteroatoms. The van der Waals surface area contributed by atoms with Crippen molar-refractivity contribution in [3.63, 3.8) is 0 Å². The highest BCUT2D eigenvalue weighted by Crippen LogP contribution is 2.20. The van der Waals surface area contributed by atoms with Crippen molar-refractivity contribution in [1.82, 2.24) is 4.90 Å². The van der Waals surface area contributed by atoms with E-state index in [1.54, 1.807) is 24.3 Å². The van der Waals surface area contributed by atoms with Crippen LogP contribution in [0.25, 0.3) is 0 Å². The molecule has 1 fully saturated rings. The molecule has 148 valence electrons. The van der Waals surface area contributed by atoms with E-state index in [1.165, 1.54) is 12.8 Å². The van der Waals surface area contributed by atoms with Crippen LogP contribution in [-0.2, 0) is 4.79 Å². The van der Waals surface area contributed by atoms with Gasteiger partial charge in [0.1, 0.15) is 5.75 Å². The number of ether oxygens (including phenoxy) is 1. The number of rotatable bonds is 5. The van der Waals surface area contributed by atoms with Crippen molar-refractivity contribution in [2.24, 2.45) is 0 Å². The quantitative estimate of drug-likeness (QED) is 0.840. The van der Waals surface area contributed by atoms with Crippen LogP contribution in [-0.4, -0.2) is 36.4 Å². The molecule has 2 amide bonds. The number of aryl methyl sites for hydroxylation is 2. The molecule has 3 rings (SSSR count). The van der Waals surface area contributed by atoms with Crippen molar-refractivity contribution in [2.45, 2.75) is 39.5 Å². The maximum absolute atomic E-state index is 12.8. The smallest absolute Gasteiger partial charge is 0.262 e. The normalized spacial score (nSPS) is 14.3. The molecule has 0 saturated carbocycles. The van der Waals surface area contributed by atoms with Gasteiger partial charge in [-0.15, -0.1) is 0 Å². The molecule has 0 unspecified atom stereocenters. The van der Waals surface area contributed by atoms with E-state index in [-0.39, 0.29) is 18.4 Å². The van der Waals surface area contributed by atoms with E-state index >= 15 is 0 Å². The van der Waals surface area contributed by atoms with Gasteiger partial charge >= 0.3 is 0 Å². The van der Waals surface area contributed by atoms with Crippen molar-refractivity contribution in [3.05, 3.63) is 59.2 Å². The molecular formula is C23H28N2O3. The third-order valence-electron chi connectivity index (χ3n) is 4.99. The lowest BCUT2D eigenvalue weighted by molar-refractivity contribution is -0.118. The summed E-state index contributed by atoms with van der Waals surface area (Å²) in [6.45, 7) is 5.47. The summed E-state index contributed by atoms with van der Waals surface area (Å²) in [5.74, 6) is 0.491. The molecule has 2 aromatic rings.